The van der Waals surface area contributed by atoms with Gasteiger partial charge in [0.2, 0.25) is 0 Å². The molecule has 2 aliphatic rings. The van der Waals surface area contributed by atoms with E-state index in [1.165, 1.54) is 19.3 Å². The van der Waals surface area contributed by atoms with Gasteiger partial charge in [-0.3, -0.25) is 9.36 Å². The van der Waals surface area contributed by atoms with Gasteiger partial charge in [0.05, 0.1) is 18.5 Å². The van der Waals surface area contributed by atoms with Crippen molar-refractivity contribution in [1.29, 1.82) is 0 Å². The molecule has 0 atom stereocenters. The Morgan fingerprint density at radius 3 is 2.53 bits per heavy atom. The maximum atomic E-state index is 13.1. The van der Waals surface area contributed by atoms with Crippen LogP contribution in [-0.4, -0.2) is 58.4 Å². The van der Waals surface area contributed by atoms with E-state index in [4.69, 9.17) is 14.5 Å². The Hall–Kier alpha value is -2.77. The van der Waals surface area contributed by atoms with Gasteiger partial charge in [-0.25, -0.2) is 9.97 Å². The smallest absolute Gasteiger partial charge is 0.263 e. The molecule has 32 heavy (non-hydrogen) atoms. The fourth-order valence-corrected chi connectivity index (χ4v) is 4.65. The second kappa shape index (κ2) is 9.38. The predicted molar refractivity (Wildman–Crippen MR) is 124 cm³/mol. The van der Waals surface area contributed by atoms with E-state index in [0.29, 0.717) is 30.0 Å². The van der Waals surface area contributed by atoms with Gasteiger partial charge < -0.3 is 14.4 Å². The molecule has 1 aliphatic heterocycles. The molecule has 1 aromatic carbocycles. The summed E-state index contributed by atoms with van der Waals surface area (Å²) in [6, 6.07) is 12.2. The number of piperidine rings is 1. The maximum absolute atomic E-state index is 13.1. The molecule has 0 radical (unpaired) electrons. The maximum Gasteiger partial charge on any atom is 0.263 e. The molecule has 3 aromatic rings. The van der Waals surface area contributed by atoms with E-state index in [-0.39, 0.29) is 11.7 Å². The van der Waals surface area contributed by atoms with E-state index in [1.807, 2.05) is 24.3 Å². The van der Waals surface area contributed by atoms with Gasteiger partial charge in [0.15, 0.2) is 5.65 Å². The lowest BCUT2D eigenvalue weighted by molar-refractivity contribution is 0.0493. The summed E-state index contributed by atoms with van der Waals surface area (Å²) in [5.74, 6) is 1.46. The predicted octanol–water partition coefficient (Wildman–Crippen LogP) is 3.50. The minimum Gasteiger partial charge on any atom is -0.490 e. The van der Waals surface area contributed by atoms with E-state index in [9.17, 15) is 4.79 Å². The van der Waals surface area contributed by atoms with E-state index in [1.54, 1.807) is 30.0 Å². The second-order valence-electron chi connectivity index (χ2n) is 8.72. The number of likely N-dealkylation sites (tertiary alicyclic amines) is 1. The van der Waals surface area contributed by atoms with Gasteiger partial charge in [-0.15, -0.1) is 0 Å². The van der Waals surface area contributed by atoms with Gasteiger partial charge in [0.25, 0.3) is 5.56 Å². The Morgan fingerprint density at radius 1 is 1.06 bits per heavy atom. The van der Waals surface area contributed by atoms with Crippen LogP contribution in [0.2, 0.25) is 0 Å². The summed E-state index contributed by atoms with van der Waals surface area (Å²) >= 11 is 0. The quantitative estimate of drug-likeness (QED) is 0.567. The number of hydrogen-bond donors (Lipinski definition) is 0. The molecule has 7 nitrogen and oxygen atoms in total. The topological polar surface area (TPSA) is 69.5 Å². The van der Waals surface area contributed by atoms with Gasteiger partial charge in [-0.05, 0) is 62.1 Å². The van der Waals surface area contributed by atoms with Gasteiger partial charge in [-0.2, -0.15) is 0 Å². The van der Waals surface area contributed by atoms with E-state index >= 15 is 0 Å². The van der Waals surface area contributed by atoms with Crippen LogP contribution in [-0.2, 0) is 11.3 Å². The van der Waals surface area contributed by atoms with Crippen LogP contribution in [0.15, 0.2) is 47.4 Å². The van der Waals surface area contributed by atoms with Gasteiger partial charge >= 0.3 is 0 Å². The first-order valence-corrected chi connectivity index (χ1v) is 11.6. The number of methoxy groups -OCH3 is 1. The first-order chi connectivity index (χ1) is 15.7. The number of pyridine rings is 1. The largest absolute Gasteiger partial charge is 0.490 e. The molecule has 2 fully saturated rings. The number of nitrogens with zero attached hydrogens (tertiary/aromatic N) is 4. The lowest BCUT2D eigenvalue weighted by atomic mass is 9.90. The molecule has 1 saturated carbocycles. The Balaban J connectivity index is 1.34. The molecule has 0 unspecified atom stereocenters. The summed E-state index contributed by atoms with van der Waals surface area (Å²) in [6.07, 6.45) is 8.18. The van der Waals surface area contributed by atoms with Crippen LogP contribution in [0.3, 0.4) is 0 Å². The Labute approximate surface area is 188 Å². The van der Waals surface area contributed by atoms with Crippen LogP contribution in [0.5, 0.6) is 5.75 Å². The number of hydrogen-bond acceptors (Lipinski definition) is 6. The number of aromatic nitrogens is 3. The molecule has 0 N–H and O–H groups in total. The van der Waals surface area contributed by atoms with Crippen molar-refractivity contribution < 1.29 is 9.47 Å². The lowest BCUT2D eigenvalue weighted by Gasteiger charge is -2.41. The summed E-state index contributed by atoms with van der Waals surface area (Å²) in [7, 11) is 1.63. The van der Waals surface area contributed by atoms with Gasteiger partial charge in [0, 0.05) is 38.0 Å². The molecule has 5 rings (SSSR count). The minimum atomic E-state index is -0.103. The van der Waals surface area contributed by atoms with Crippen molar-refractivity contribution in [3.05, 3.63) is 52.9 Å². The number of rotatable bonds is 7. The highest BCUT2D eigenvalue weighted by Gasteiger charge is 2.29. The zero-order valence-corrected chi connectivity index (χ0v) is 18.6. The molecule has 1 saturated heterocycles. The first-order valence-electron chi connectivity index (χ1n) is 11.6. The van der Waals surface area contributed by atoms with Gasteiger partial charge in [0.1, 0.15) is 17.7 Å². The SMILES string of the molecule is COCCn1c(-c2ccc(OC3CCN(C4CCC4)CC3)cc2)nc2ncccc2c1=O. The summed E-state index contributed by atoms with van der Waals surface area (Å²) < 4.78 is 13.1. The standard InChI is InChI=1S/C25H30N4O3/c1-31-17-16-29-24(27-23-22(25(29)30)6-3-13-26-23)18-7-9-20(10-8-18)32-21-11-14-28(15-12-21)19-4-2-5-19/h3,6-10,13,19,21H,2,4-5,11-12,14-17H2,1H3. The molecule has 0 bridgehead atoms. The average Bonchev–Trinajstić information content (AvgIpc) is 2.79. The normalized spacial score (nSPS) is 18.0. The Bertz CT molecular complexity index is 1120. The third-order valence-electron chi connectivity index (χ3n) is 6.73. The fraction of sp³-hybridized carbons (Fsp3) is 0.480. The molecule has 1 aliphatic carbocycles. The fourth-order valence-electron chi connectivity index (χ4n) is 4.65. The highest BCUT2D eigenvalue weighted by molar-refractivity contribution is 5.75. The molecule has 0 amide bonds. The zero-order valence-electron chi connectivity index (χ0n) is 18.6. The van der Waals surface area contributed by atoms with Crippen molar-refractivity contribution >= 4 is 11.0 Å². The van der Waals surface area contributed by atoms with Crippen molar-refractivity contribution in [2.75, 3.05) is 26.8 Å². The highest BCUT2D eigenvalue weighted by Crippen LogP contribution is 2.29. The van der Waals surface area contributed by atoms with Crippen LogP contribution >= 0.6 is 0 Å². The van der Waals surface area contributed by atoms with E-state index < -0.39 is 0 Å². The monoisotopic (exact) mass is 434 g/mol. The second-order valence-corrected chi connectivity index (χ2v) is 8.72. The van der Waals surface area contributed by atoms with Crippen LogP contribution < -0.4 is 10.3 Å². The third kappa shape index (κ3) is 4.27. The van der Waals surface area contributed by atoms with Crippen molar-refractivity contribution in [2.45, 2.75) is 50.8 Å². The summed E-state index contributed by atoms with van der Waals surface area (Å²) in [6.45, 7) is 3.13. The molecule has 7 heteroatoms. The van der Waals surface area contributed by atoms with Crippen LogP contribution in [0.4, 0.5) is 0 Å². The van der Waals surface area contributed by atoms with E-state index in [2.05, 4.69) is 9.88 Å². The summed E-state index contributed by atoms with van der Waals surface area (Å²) in [5, 5.41) is 0.514. The van der Waals surface area contributed by atoms with Crippen molar-refractivity contribution in [3.8, 4) is 17.1 Å². The number of fused-ring (bicyclic) bond motifs is 1. The summed E-state index contributed by atoms with van der Waals surface area (Å²) in [5.41, 5.74) is 1.21. The average molecular weight is 435 g/mol. The molecule has 3 heterocycles. The molecule has 0 spiro atoms. The molecule has 2 aromatic heterocycles. The summed E-state index contributed by atoms with van der Waals surface area (Å²) in [4.78, 5) is 24.7. The Kier molecular flexibility index (Phi) is 6.19. The van der Waals surface area contributed by atoms with Crippen molar-refractivity contribution in [3.63, 3.8) is 0 Å². The van der Waals surface area contributed by atoms with Crippen molar-refractivity contribution in [2.24, 2.45) is 0 Å². The van der Waals surface area contributed by atoms with Crippen LogP contribution in [0.1, 0.15) is 32.1 Å². The number of benzene rings is 1. The minimum absolute atomic E-state index is 0.103. The lowest BCUT2D eigenvalue weighted by Crippen LogP contribution is -2.46. The van der Waals surface area contributed by atoms with Crippen LogP contribution in [0.25, 0.3) is 22.4 Å². The highest BCUT2D eigenvalue weighted by atomic mass is 16.5. The van der Waals surface area contributed by atoms with Crippen molar-refractivity contribution in [1.82, 2.24) is 19.4 Å². The molecule has 168 valence electrons. The van der Waals surface area contributed by atoms with Gasteiger partial charge in [-0.1, -0.05) is 6.42 Å². The van der Waals surface area contributed by atoms with E-state index in [0.717, 1.165) is 43.3 Å². The Morgan fingerprint density at radius 2 is 1.84 bits per heavy atom. The first kappa shape index (κ1) is 21.1. The molecular formula is C25H30N4O3. The molecular weight excluding hydrogens is 404 g/mol. The number of ether oxygens (including phenoxy) is 2. The third-order valence-corrected chi connectivity index (χ3v) is 6.73. The van der Waals surface area contributed by atoms with Crippen LogP contribution in [0, 0.1) is 0 Å². The zero-order chi connectivity index (χ0) is 21.9.